The monoisotopic (exact) mass is 696 g/mol. The van der Waals surface area contributed by atoms with Gasteiger partial charge in [-0.2, -0.15) is 13.2 Å². The Balaban J connectivity index is 1.16. The molecule has 2 aliphatic heterocycles. The molecule has 4 aromatic rings. The molecule has 3 heterocycles. The van der Waals surface area contributed by atoms with Crippen LogP contribution in [0.5, 0.6) is 0 Å². The maximum atomic E-state index is 13.0. The summed E-state index contributed by atoms with van der Waals surface area (Å²) in [4.78, 5) is 25.2. The SMILES string of the molecule is Cn1nnnc1SCC1CC(c2ccc(CO)cc2)OC(c2cccc(-c3cccc(CNC(=O)C4CCCN4C(=O)C(F)(F)F)c3)c2)O1. The Morgan fingerprint density at radius 3 is 2.47 bits per heavy atom. The highest BCUT2D eigenvalue weighted by Crippen LogP contribution is 2.40. The van der Waals surface area contributed by atoms with Crippen molar-refractivity contribution in [2.45, 2.75) is 68.3 Å². The number of nitrogens with zero attached hydrogens (tertiary/aromatic N) is 5. The van der Waals surface area contributed by atoms with Crippen molar-refractivity contribution in [3.8, 4) is 11.1 Å². The molecule has 11 nitrogen and oxygen atoms in total. The van der Waals surface area contributed by atoms with Crippen molar-refractivity contribution in [1.29, 1.82) is 0 Å². The molecule has 0 aliphatic carbocycles. The second-order valence-electron chi connectivity index (χ2n) is 11.9. The van der Waals surface area contributed by atoms with Gasteiger partial charge in [-0.05, 0) is 63.2 Å². The lowest BCUT2D eigenvalue weighted by Crippen LogP contribution is -2.50. The Morgan fingerprint density at radius 2 is 1.76 bits per heavy atom. The molecule has 258 valence electrons. The summed E-state index contributed by atoms with van der Waals surface area (Å²) >= 11 is 1.49. The number of tetrazole rings is 1. The number of halogens is 3. The van der Waals surface area contributed by atoms with Crippen molar-refractivity contribution in [3.05, 3.63) is 95.1 Å². The molecule has 1 aromatic heterocycles. The van der Waals surface area contributed by atoms with Gasteiger partial charge in [0.1, 0.15) is 6.04 Å². The van der Waals surface area contributed by atoms with E-state index in [-0.39, 0.29) is 38.3 Å². The van der Waals surface area contributed by atoms with E-state index >= 15 is 0 Å². The molecule has 2 saturated heterocycles. The van der Waals surface area contributed by atoms with Crippen LogP contribution in [0.2, 0.25) is 0 Å². The fourth-order valence-electron chi connectivity index (χ4n) is 6.01. The average molecular weight is 697 g/mol. The van der Waals surface area contributed by atoms with Gasteiger partial charge >= 0.3 is 12.1 Å². The van der Waals surface area contributed by atoms with Gasteiger partial charge in [0.15, 0.2) is 6.29 Å². The van der Waals surface area contributed by atoms with Crippen molar-refractivity contribution >= 4 is 23.6 Å². The number of benzene rings is 3. The lowest BCUT2D eigenvalue weighted by Gasteiger charge is -2.36. The van der Waals surface area contributed by atoms with E-state index in [1.165, 1.54) is 11.8 Å². The second kappa shape index (κ2) is 15.1. The van der Waals surface area contributed by atoms with Crippen molar-refractivity contribution in [2.75, 3.05) is 12.3 Å². The van der Waals surface area contributed by atoms with Crippen molar-refractivity contribution in [1.82, 2.24) is 30.4 Å². The van der Waals surface area contributed by atoms with Crippen LogP contribution in [0.4, 0.5) is 13.2 Å². The van der Waals surface area contributed by atoms with E-state index in [0.717, 1.165) is 33.4 Å². The first-order valence-electron chi connectivity index (χ1n) is 15.8. The molecule has 0 saturated carbocycles. The summed E-state index contributed by atoms with van der Waals surface area (Å²) in [6, 6.07) is 21.8. The van der Waals surface area contributed by atoms with E-state index < -0.39 is 30.3 Å². The number of likely N-dealkylation sites (tertiary alicyclic amines) is 1. The molecule has 49 heavy (non-hydrogen) atoms. The number of hydrogen-bond donors (Lipinski definition) is 2. The van der Waals surface area contributed by atoms with Gasteiger partial charge in [-0.25, -0.2) is 4.68 Å². The highest BCUT2D eigenvalue weighted by Gasteiger charge is 2.47. The number of amides is 2. The van der Waals surface area contributed by atoms with Crippen molar-refractivity contribution < 1.29 is 37.3 Å². The molecule has 4 unspecified atom stereocenters. The van der Waals surface area contributed by atoms with Crippen molar-refractivity contribution in [2.24, 2.45) is 7.05 Å². The van der Waals surface area contributed by atoms with Crippen LogP contribution in [0.3, 0.4) is 0 Å². The number of carbonyl (C=O) groups is 2. The lowest BCUT2D eigenvalue weighted by atomic mass is 9.99. The summed E-state index contributed by atoms with van der Waals surface area (Å²) in [7, 11) is 1.78. The number of thioether (sulfide) groups is 1. The normalized spacial score (nSPS) is 21.1. The molecule has 0 radical (unpaired) electrons. The highest BCUT2D eigenvalue weighted by atomic mass is 32.2. The van der Waals surface area contributed by atoms with Crippen LogP contribution in [0.25, 0.3) is 11.1 Å². The minimum absolute atomic E-state index is 0.0506. The van der Waals surface area contributed by atoms with Crippen LogP contribution in [0.1, 0.15) is 53.9 Å². The van der Waals surface area contributed by atoms with E-state index in [9.17, 15) is 27.9 Å². The molecule has 2 fully saturated rings. The van der Waals surface area contributed by atoms with Crippen LogP contribution < -0.4 is 5.32 Å². The third-order valence-electron chi connectivity index (χ3n) is 8.54. The third-order valence-corrected chi connectivity index (χ3v) is 9.68. The Morgan fingerprint density at radius 1 is 1.00 bits per heavy atom. The molecule has 0 spiro atoms. The van der Waals surface area contributed by atoms with Gasteiger partial charge in [0.25, 0.3) is 0 Å². The fourth-order valence-corrected chi connectivity index (χ4v) is 6.88. The molecule has 0 bridgehead atoms. The highest BCUT2D eigenvalue weighted by molar-refractivity contribution is 7.99. The molecule has 6 rings (SSSR count). The number of alkyl halides is 3. The Bertz CT molecular complexity index is 1770. The Kier molecular flexibility index (Phi) is 10.6. The number of aromatic nitrogens is 4. The smallest absolute Gasteiger partial charge is 0.392 e. The molecule has 3 aromatic carbocycles. The number of aryl methyl sites for hydroxylation is 1. The minimum Gasteiger partial charge on any atom is -0.392 e. The van der Waals surface area contributed by atoms with Gasteiger partial charge in [0, 0.05) is 37.9 Å². The minimum atomic E-state index is -5.03. The summed E-state index contributed by atoms with van der Waals surface area (Å²) in [5.41, 5.74) is 5.06. The van der Waals surface area contributed by atoms with Crippen LogP contribution in [0.15, 0.2) is 78.0 Å². The molecular formula is C34H35F3N6O5S. The standard InChI is InChI=1S/C34H35F3N6O5S/c1-42-33(39-40-41-42)49-20-27-17-29(23-12-10-21(19-44)11-13-23)48-31(47-27)26-8-3-7-25(16-26)24-6-2-5-22(15-24)18-38-30(45)28-9-4-14-43(28)32(46)34(35,36)37/h2-3,5-8,10-13,15-16,27-29,31,44H,4,9,14,17-20H2,1H3,(H,38,45). The van der Waals surface area contributed by atoms with E-state index in [2.05, 4.69) is 20.8 Å². The van der Waals surface area contributed by atoms with Gasteiger partial charge in [-0.15, -0.1) is 5.10 Å². The van der Waals surface area contributed by atoms with Gasteiger partial charge in [-0.1, -0.05) is 72.4 Å². The predicted molar refractivity (Wildman–Crippen MR) is 172 cm³/mol. The summed E-state index contributed by atoms with van der Waals surface area (Å²) in [6.45, 7) is -0.0695. The first kappa shape index (κ1) is 34.5. The summed E-state index contributed by atoms with van der Waals surface area (Å²) < 4.78 is 53.7. The van der Waals surface area contributed by atoms with Crippen molar-refractivity contribution in [3.63, 3.8) is 0 Å². The second-order valence-corrected chi connectivity index (χ2v) is 12.9. The Labute approximate surface area is 284 Å². The predicted octanol–water partition coefficient (Wildman–Crippen LogP) is 4.88. The summed E-state index contributed by atoms with van der Waals surface area (Å²) in [5, 5.41) is 24.6. The molecule has 2 aliphatic rings. The average Bonchev–Trinajstić information content (AvgIpc) is 3.78. The van der Waals surface area contributed by atoms with Gasteiger partial charge in [0.05, 0.1) is 18.8 Å². The zero-order valence-electron chi connectivity index (χ0n) is 26.5. The summed E-state index contributed by atoms with van der Waals surface area (Å²) in [6.07, 6.45) is -5.07. The molecule has 2 N–H and O–H groups in total. The largest absolute Gasteiger partial charge is 0.471 e. The number of hydrogen-bond acceptors (Lipinski definition) is 9. The van der Waals surface area contributed by atoms with E-state index in [1.54, 1.807) is 11.7 Å². The van der Waals surface area contributed by atoms with E-state index in [1.807, 2.05) is 72.8 Å². The van der Waals surface area contributed by atoms with Gasteiger partial charge in [-0.3, -0.25) is 9.59 Å². The number of carbonyl (C=O) groups excluding carboxylic acids is 2. The zero-order chi connectivity index (χ0) is 34.5. The maximum Gasteiger partial charge on any atom is 0.471 e. The maximum absolute atomic E-state index is 13.0. The molecule has 15 heteroatoms. The summed E-state index contributed by atoms with van der Waals surface area (Å²) in [5.74, 6) is -2.01. The first-order chi connectivity index (χ1) is 23.6. The van der Waals surface area contributed by atoms with E-state index in [4.69, 9.17) is 9.47 Å². The van der Waals surface area contributed by atoms with Gasteiger partial charge < -0.3 is 24.8 Å². The van der Waals surface area contributed by atoms with Crippen LogP contribution in [0, 0.1) is 0 Å². The third kappa shape index (κ3) is 8.29. The van der Waals surface area contributed by atoms with Crippen LogP contribution in [-0.4, -0.2) is 72.6 Å². The quantitative estimate of drug-likeness (QED) is 0.223. The Hall–Kier alpha value is -4.31. The number of aliphatic hydroxyl groups excluding tert-OH is 1. The first-order valence-corrected chi connectivity index (χ1v) is 16.8. The zero-order valence-corrected chi connectivity index (χ0v) is 27.4. The fraction of sp³-hybridized carbons (Fsp3) is 0.382. The number of aliphatic hydroxyl groups is 1. The van der Waals surface area contributed by atoms with Crippen LogP contribution >= 0.6 is 11.8 Å². The number of nitrogens with one attached hydrogen (secondary N) is 1. The van der Waals surface area contributed by atoms with Crippen LogP contribution in [-0.2, 0) is 39.3 Å². The number of ether oxygens (including phenoxy) is 2. The number of rotatable bonds is 10. The van der Waals surface area contributed by atoms with Gasteiger partial charge in [0.2, 0.25) is 11.1 Å². The topological polar surface area (TPSA) is 132 Å². The molecule has 4 atom stereocenters. The molecule has 2 amide bonds. The van der Waals surface area contributed by atoms with E-state index in [0.29, 0.717) is 28.7 Å². The lowest BCUT2D eigenvalue weighted by molar-refractivity contribution is -0.245. The molecular weight excluding hydrogens is 661 g/mol.